The first-order chi connectivity index (χ1) is 10.1. The first kappa shape index (κ1) is 16.1. The third-order valence-electron chi connectivity index (χ3n) is 3.82. The van der Waals surface area contributed by atoms with Crippen molar-refractivity contribution >= 4 is 0 Å². The number of benzene rings is 1. The highest BCUT2D eigenvalue weighted by Crippen LogP contribution is 2.31. The fourth-order valence-corrected chi connectivity index (χ4v) is 2.68. The van der Waals surface area contributed by atoms with E-state index in [1.165, 1.54) is 44.6 Å². The maximum absolute atomic E-state index is 12.6. The molecule has 1 fully saturated rings. The Labute approximate surface area is 123 Å². The van der Waals surface area contributed by atoms with Crippen LogP contribution in [0, 0.1) is 0 Å². The maximum Gasteiger partial charge on any atom is 0.416 e. The number of rotatable bonds is 5. The van der Waals surface area contributed by atoms with E-state index >= 15 is 0 Å². The van der Waals surface area contributed by atoms with E-state index in [0.29, 0.717) is 19.2 Å². The molecular weight excluding hydrogens is 279 g/mol. The van der Waals surface area contributed by atoms with Crippen molar-refractivity contribution < 1.29 is 17.9 Å². The first-order valence-electron chi connectivity index (χ1n) is 7.59. The van der Waals surface area contributed by atoms with Gasteiger partial charge in [-0.25, -0.2) is 0 Å². The molecule has 0 heterocycles. The molecular formula is C16H22F3NO. The molecule has 21 heavy (non-hydrogen) atoms. The second-order valence-corrected chi connectivity index (χ2v) is 5.52. The summed E-state index contributed by atoms with van der Waals surface area (Å²) in [6.07, 6.45) is 3.17. The van der Waals surface area contributed by atoms with Crippen LogP contribution in [0.2, 0.25) is 0 Å². The Morgan fingerprint density at radius 2 is 1.81 bits per heavy atom. The summed E-state index contributed by atoms with van der Waals surface area (Å²) >= 11 is 0. The number of alkyl halides is 3. The monoisotopic (exact) mass is 301 g/mol. The maximum atomic E-state index is 12.6. The summed E-state index contributed by atoms with van der Waals surface area (Å²) in [5.74, 6) is 0.271. The first-order valence-corrected chi connectivity index (χ1v) is 7.59. The van der Waals surface area contributed by atoms with Gasteiger partial charge in [-0.2, -0.15) is 13.2 Å². The van der Waals surface area contributed by atoms with E-state index in [0.717, 1.165) is 12.1 Å². The summed E-state index contributed by atoms with van der Waals surface area (Å²) < 4.78 is 43.1. The summed E-state index contributed by atoms with van der Waals surface area (Å²) in [5.41, 5.74) is -0.670. The lowest BCUT2D eigenvalue weighted by Crippen LogP contribution is -2.32. The lowest BCUT2D eigenvalue weighted by atomic mass is 10.1. The SMILES string of the molecule is FC(F)(F)c1cccc(OCCNC2CCCCCC2)c1. The number of nitrogens with one attached hydrogen (secondary N) is 1. The van der Waals surface area contributed by atoms with Crippen LogP contribution in [-0.2, 0) is 6.18 Å². The molecule has 0 atom stereocenters. The van der Waals surface area contributed by atoms with Crippen molar-refractivity contribution in [2.45, 2.75) is 50.7 Å². The highest BCUT2D eigenvalue weighted by molar-refractivity contribution is 5.30. The van der Waals surface area contributed by atoms with E-state index in [1.54, 1.807) is 6.07 Å². The molecule has 0 radical (unpaired) electrons. The molecule has 0 unspecified atom stereocenters. The molecule has 1 N–H and O–H groups in total. The Hall–Kier alpha value is -1.23. The molecule has 2 rings (SSSR count). The normalized spacial score (nSPS) is 17.5. The summed E-state index contributed by atoms with van der Waals surface area (Å²) in [6.45, 7) is 1.05. The number of hydrogen-bond donors (Lipinski definition) is 1. The van der Waals surface area contributed by atoms with Crippen molar-refractivity contribution in [2.24, 2.45) is 0 Å². The van der Waals surface area contributed by atoms with Gasteiger partial charge in [0.2, 0.25) is 0 Å². The molecule has 0 amide bonds. The zero-order chi connectivity index (χ0) is 15.1. The Morgan fingerprint density at radius 3 is 2.48 bits per heavy atom. The zero-order valence-corrected chi connectivity index (χ0v) is 12.1. The van der Waals surface area contributed by atoms with E-state index in [4.69, 9.17) is 4.74 Å². The van der Waals surface area contributed by atoms with Crippen molar-refractivity contribution in [2.75, 3.05) is 13.2 Å². The molecule has 0 saturated heterocycles. The highest BCUT2D eigenvalue weighted by atomic mass is 19.4. The van der Waals surface area contributed by atoms with Gasteiger partial charge in [-0.05, 0) is 31.0 Å². The van der Waals surface area contributed by atoms with Crippen LogP contribution in [-0.4, -0.2) is 19.2 Å². The van der Waals surface area contributed by atoms with Gasteiger partial charge in [-0.1, -0.05) is 31.7 Å². The van der Waals surface area contributed by atoms with Crippen LogP contribution < -0.4 is 10.1 Å². The van der Waals surface area contributed by atoms with Crippen LogP contribution in [0.5, 0.6) is 5.75 Å². The van der Waals surface area contributed by atoms with Crippen molar-refractivity contribution in [1.29, 1.82) is 0 Å². The lowest BCUT2D eigenvalue weighted by molar-refractivity contribution is -0.137. The quantitative estimate of drug-likeness (QED) is 0.643. The van der Waals surface area contributed by atoms with Crippen LogP contribution in [0.1, 0.15) is 44.1 Å². The topological polar surface area (TPSA) is 21.3 Å². The average Bonchev–Trinajstić information content (AvgIpc) is 2.72. The van der Waals surface area contributed by atoms with Gasteiger partial charge in [-0.3, -0.25) is 0 Å². The van der Waals surface area contributed by atoms with Crippen LogP contribution in [0.25, 0.3) is 0 Å². The van der Waals surface area contributed by atoms with Gasteiger partial charge < -0.3 is 10.1 Å². The largest absolute Gasteiger partial charge is 0.492 e. The van der Waals surface area contributed by atoms with E-state index < -0.39 is 11.7 Å². The predicted molar refractivity (Wildman–Crippen MR) is 76.4 cm³/mol. The second kappa shape index (κ2) is 7.69. The third-order valence-corrected chi connectivity index (χ3v) is 3.82. The van der Waals surface area contributed by atoms with Gasteiger partial charge >= 0.3 is 6.18 Å². The van der Waals surface area contributed by atoms with Crippen LogP contribution in [0.3, 0.4) is 0 Å². The Kier molecular flexibility index (Phi) is 5.91. The van der Waals surface area contributed by atoms with Crippen molar-refractivity contribution in [3.05, 3.63) is 29.8 Å². The predicted octanol–water partition coefficient (Wildman–Crippen LogP) is 4.40. The molecule has 1 saturated carbocycles. The van der Waals surface area contributed by atoms with Gasteiger partial charge in [-0.15, -0.1) is 0 Å². The Bertz CT molecular complexity index is 426. The summed E-state index contributed by atoms with van der Waals surface area (Å²) in [7, 11) is 0. The Balaban J connectivity index is 1.73. The molecule has 118 valence electrons. The molecule has 5 heteroatoms. The lowest BCUT2D eigenvalue weighted by Gasteiger charge is -2.16. The number of halogens is 3. The average molecular weight is 301 g/mol. The second-order valence-electron chi connectivity index (χ2n) is 5.52. The standard InChI is InChI=1S/C16H22F3NO/c17-16(18,19)13-6-5-9-15(12-13)21-11-10-20-14-7-3-1-2-4-8-14/h5-6,9,12,14,20H,1-4,7-8,10-11H2. The van der Waals surface area contributed by atoms with Crippen molar-refractivity contribution in [3.63, 3.8) is 0 Å². The van der Waals surface area contributed by atoms with Crippen molar-refractivity contribution in [3.8, 4) is 5.75 Å². The van der Waals surface area contributed by atoms with Crippen LogP contribution in [0.4, 0.5) is 13.2 Å². The molecule has 2 nitrogen and oxygen atoms in total. The Morgan fingerprint density at radius 1 is 1.10 bits per heavy atom. The van der Waals surface area contributed by atoms with Gasteiger partial charge in [0.15, 0.2) is 0 Å². The van der Waals surface area contributed by atoms with Gasteiger partial charge in [0, 0.05) is 12.6 Å². The van der Waals surface area contributed by atoms with Gasteiger partial charge in [0.1, 0.15) is 12.4 Å². The van der Waals surface area contributed by atoms with E-state index in [2.05, 4.69) is 5.32 Å². The van der Waals surface area contributed by atoms with Gasteiger partial charge in [0.25, 0.3) is 0 Å². The van der Waals surface area contributed by atoms with Crippen LogP contribution in [0.15, 0.2) is 24.3 Å². The molecule has 0 aromatic heterocycles. The molecule has 1 aliphatic carbocycles. The van der Waals surface area contributed by atoms with E-state index in [9.17, 15) is 13.2 Å². The van der Waals surface area contributed by atoms with Crippen molar-refractivity contribution in [1.82, 2.24) is 5.32 Å². The smallest absolute Gasteiger partial charge is 0.416 e. The summed E-state index contributed by atoms with van der Waals surface area (Å²) in [6, 6.07) is 5.55. The molecule has 1 aliphatic rings. The minimum Gasteiger partial charge on any atom is -0.492 e. The molecule has 1 aromatic rings. The molecule has 0 aliphatic heterocycles. The fraction of sp³-hybridized carbons (Fsp3) is 0.625. The third kappa shape index (κ3) is 5.58. The molecule has 0 bridgehead atoms. The minimum absolute atomic E-state index is 0.271. The van der Waals surface area contributed by atoms with E-state index in [-0.39, 0.29) is 5.75 Å². The van der Waals surface area contributed by atoms with E-state index in [1.807, 2.05) is 0 Å². The number of hydrogen-bond acceptors (Lipinski definition) is 2. The highest BCUT2D eigenvalue weighted by Gasteiger charge is 2.30. The number of ether oxygens (including phenoxy) is 1. The zero-order valence-electron chi connectivity index (χ0n) is 12.1. The van der Waals surface area contributed by atoms with Gasteiger partial charge in [0.05, 0.1) is 5.56 Å². The van der Waals surface area contributed by atoms with Crippen LogP contribution >= 0.6 is 0 Å². The minimum atomic E-state index is -4.32. The molecule has 0 spiro atoms. The summed E-state index contributed by atoms with van der Waals surface area (Å²) in [5, 5.41) is 3.43. The summed E-state index contributed by atoms with van der Waals surface area (Å²) in [4.78, 5) is 0. The fourth-order valence-electron chi connectivity index (χ4n) is 2.68. The molecule has 1 aromatic carbocycles.